The Morgan fingerprint density at radius 1 is 1.23 bits per heavy atom. The topological polar surface area (TPSA) is 109 Å². The fourth-order valence-corrected chi connectivity index (χ4v) is 3.58. The number of rotatable bonds is 5. The van der Waals surface area contributed by atoms with Crippen molar-refractivity contribution in [2.75, 3.05) is 0 Å². The van der Waals surface area contributed by atoms with Crippen LogP contribution in [0.25, 0.3) is 33.5 Å². The van der Waals surface area contributed by atoms with Crippen LogP contribution in [0.5, 0.6) is 0 Å². The Morgan fingerprint density at radius 2 is 2.06 bits per heavy atom. The van der Waals surface area contributed by atoms with E-state index in [-0.39, 0.29) is 23.7 Å². The molecule has 0 aliphatic heterocycles. The molecule has 5 rings (SSSR count). The van der Waals surface area contributed by atoms with Gasteiger partial charge in [0.25, 0.3) is 5.91 Å². The lowest BCUT2D eigenvalue weighted by Gasteiger charge is -2.31. The zero-order valence-corrected chi connectivity index (χ0v) is 16.2. The van der Waals surface area contributed by atoms with Crippen LogP contribution in [-0.2, 0) is 0 Å². The van der Waals surface area contributed by atoms with Gasteiger partial charge in [-0.1, -0.05) is 6.07 Å². The van der Waals surface area contributed by atoms with Crippen molar-refractivity contribution in [3.05, 3.63) is 54.6 Å². The molecule has 4 heterocycles. The van der Waals surface area contributed by atoms with Crippen molar-refractivity contribution in [3.8, 4) is 22.5 Å². The molecule has 1 amide bonds. The highest BCUT2D eigenvalue weighted by molar-refractivity contribution is 5.93. The Morgan fingerprint density at radius 3 is 2.81 bits per heavy atom. The van der Waals surface area contributed by atoms with E-state index in [4.69, 9.17) is 0 Å². The van der Waals surface area contributed by atoms with E-state index in [0.29, 0.717) is 40.1 Å². The Labute approximate surface area is 175 Å². The van der Waals surface area contributed by atoms with E-state index in [1.165, 1.54) is 12.4 Å². The van der Waals surface area contributed by atoms with Gasteiger partial charge in [-0.25, -0.2) is 14.6 Å². The van der Waals surface area contributed by atoms with Crippen LogP contribution in [0.2, 0.25) is 0 Å². The first-order valence-corrected chi connectivity index (χ1v) is 9.74. The fourth-order valence-electron chi connectivity index (χ4n) is 3.58. The summed E-state index contributed by atoms with van der Waals surface area (Å²) in [4.78, 5) is 24.4. The number of carbonyl (C=O) groups is 1. The van der Waals surface area contributed by atoms with Crippen LogP contribution >= 0.6 is 0 Å². The molecule has 0 spiro atoms. The maximum Gasteiger partial charge on any atom is 0.333 e. The number of aromatic amines is 1. The summed E-state index contributed by atoms with van der Waals surface area (Å²) in [6, 6.07) is 8.81. The highest BCUT2D eigenvalue weighted by atomic mass is 19.3. The summed E-state index contributed by atoms with van der Waals surface area (Å²) >= 11 is 0. The number of aliphatic hydroxyl groups is 1. The highest BCUT2D eigenvalue weighted by Gasteiger charge is 2.29. The van der Waals surface area contributed by atoms with Crippen molar-refractivity contribution in [2.45, 2.75) is 31.5 Å². The summed E-state index contributed by atoms with van der Waals surface area (Å²) in [7, 11) is 0. The number of aliphatic hydroxyl groups excluding tert-OH is 1. The van der Waals surface area contributed by atoms with Crippen LogP contribution in [0, 0.1) is 0 Å². The smallest absolute Gasteiger partial charge is 0.333 e. The SMILES string of the molecule is O=C(NC1CC(O)C1)c1cccc(-c2cnc3[nH]c(-c4cnn(C(F)F)c4)cc3c2)n1. The maximum atomic E-state index is 12.8. The molecule has 0 unspecified atom stereocenters. The van der Waals surface area contributed by atoms with Gasteiger partial charge in [-0.05, 0) is 37.1 Å². The summed E-state index contributed by atoms with van der Waals surface area (Å²) in [5.74, 6) is -0.284. The summed E-state index contributed by atoms with van der Waals surface area (Å²) < 4.78 is 26.1. The number of hydrogen-bond donors (Lipinski definition) is 3. The molecular formula is C21H18F2N6O2. The third-order valence-electron chi connectivity index (χ3n) is 5.31. The molecule has 1 aliphatic rings. The van der Waals surface area contributed by atoms with Crippen LogP contribution in [0.3, 0.4) is 0 Å². The maximum absolute atomic E-state index is 12.8. The van der Waals surface area contributed by atoms with Gasteiger partial charge in [-0.2, -0.15) is 13.9 Å². The molecule has 0 saturated heterocycles. The molecule has 0 bridgehead atoms. The lowest BCUT2D eigenvalue weighted by molar-refractivity contribution is 0.0556. The van der Waals surface area contributed by atoms with Crippen molar-refractivity contribution in [3.63, 3.8) is 0 Å². The van der Waals surface area contributed by atoms with E-state index in [1.54, 1.807) is 30.5 Å². The molecule has 10 heteroatoms. The second-order valence-electron chi connectivity index (χ2n) is 7.54. The molecule has 158 valence electrons. The molecule has 1 fully saturated rings. The number of nitrogens with one attached hydrogen (secondary N) is 2. The summed E-state index contributed by atoms with van der Waals surface area (Å²) in [6.45, 7) is -2.70. The van der Waals surface area contributed by atoms with Crippen LogP contribution in [-0.4, -0.2) is 47.9 Å². The predicted molar refractivity (Wildman–Crippen MR) is 108 cm³/mol. The quantitative estimate of drug-likeness (QED) is 0.456. The predicted octanol–water partition coefficient (Wildman–Crippen LogP) is 3.14. The Kier molecular flexibility index (Phi) is 4.70. The molecule has 0 radical (unpaired) electrons. The number of hydrogen-bond acceptors (Lipinski definition) is 5. The molecule has 4 aromatic rings. The number of pyridine rings is 2. The molecule has 3 N–H and O–H groups in total. The number of amides is 1. The summed E-state index contributed by atoms with van der Waals surface area (Å²) in [5, 5.41) is 16.7. The van der Waals surface area contributed by atoms with Crippen molar-refractivity contribution in [1.29, 1.82) is 0 Å². The van der Waals surface area contributed by atoms with E-state index in [2.05, 4.69) is 25.4 Å². The minimum absolute atomic E-state index is 0.0290. The first-order valence-electron chi connectivity index (χ1n) is 9.74. The molecule has 4 aromatic heterocycles. The monoisotopic (exact) mass is 424 g/mol. The average Bonchev–Trinajstić information content (AvgIpc) is 3.39. The number of halogens is 2. The number of H-pyrrole nitrogens is 1. The van der Waals surface area contributed by atoms with Gasteiger partial charge in [-0.3, -0.25) is 4.79 Å². The fraction of sp³-hybridized carbons (Fsp3) is 0.238. The first-order chi connectivity index (χ1) is 15.0. The highest BCUT2D eigenvalue weighted by Crippen LogP contribution is 2.27. The van der Waals surface area contributed by atoms with Gasteiger partial charge in [0, 0.05) is 34.9 Å². The standard InChI is InChI=1S/C21H18F2N6O2/c22-21(23)29-10-13(9-25-29)18-5-11-4-12(8-24-19(11)28-18)16-2-1-3-17(27-16)20(31)26-14-6-15(30)7-14/h1-5,8-10,14-15,21,30H,6-7H2,(H,24,28)(H,26,31). The lowest BCUT2D eigenvalue weighted by Crippen LogP contribution is -2.46. The minimum atomic E-state index is -2.70. The second kappa shape index (κ2) is 7.55. The average molecular weight is 424 g/mol. The van der Waals surface area contributed by atoms with Gasteiger partial charge in [0.05, 0.1) is 23.7 Å². The molecular weight excluding hydrogens is 406 g/mol. The van der Waals surface area contributed by atoms with E-state index in [9.17, 15) is 18.7 Å². The summed E-state index contributed by atoms with van der Waals surface area (Å²) in [6.07, 6.45) is 5.02. The van der Waals surface area contributed by atoms with Crippen molar-refractivity contribution in [2.24, 2.45) is 0 Å². The lowest BCUT2D eigenvalue weighted by atomic mass is 9.89. The molecule has 1 saturated carbocycles. The van der Waals surface area contributed by atoms with Crippen molar-refractivity contribution in [1.82, 2.24) is 30.0 Å². The van der Waals surface area contributed by atoms with Crippen LogP contribution in [0.1, 0.15) is 29.9 Å². The Balaban J connectivity index is 1.40. The van der Waals surface area contributed by atoms with Crippen LogP contribution < -0.4 is 5.32 Å². The van der Waals surface area contributed by atoms with Gasteiger partial charge in [-0.15, -0.1) is 0 Å². The van der Waals surface area contributed by atoms with E-state index >= 15 is 0 Å². The normalized spacial score (nSPS) is 18.3. The molecule has 0 aromatic carbocycles. The summed E-state index contributed by atoms with van der Waals surface area (Å²) in [5.41, 5.74) is 3.33. The third kappa shape index (κ3) is 3.77. The van der Waals surface area contributed by atoms with Gasteiger partial charge >= 0.3 is 6.55 Å². The first kappa shape index (κ1) is 19.3. The molecule has 8 nitrogen and oxygen atoms in total. The molecule has 1 aliphatic carbocycles. The van der Waals surface area contributed by atoms with E-state index in [1.807, 2.05) is 6.07 Å². The van der Waals surface area contributed by atoms with Crippen molar-refractivity contribution < 1.29 is 18.7 Å². The van der Waals surface area contributed by atoms with Crippen LogP contribution in [0.15, 0.2) is 48.9 Å². The molecule has 31 heavy (non-hydrogen) atoms. The van der Waals surface area contributed by atoms with Gasteiger partial charge < -0.3 is 15.4 Å². The van der Waals surface area contributed by atoms with E-state index < -0.39 is 6.55 Å². The number of aromatic nitrogens is 5. The molecule has 0 atom stereocenters. The number of alkyl halides is 2. The largest absolute Gasteiger partial charge is 0.393 e. The Hall–Kier alpha value is -3.66. The van der Waals surface area contributed by atoms with Gasteiger partial charge in [0.15, 0.2) is 0 Å². The minimum Gasteiger partial charge on any atom is -0.393 e. The number of fused-ring (bicyclic) bond motifs is 1. The number of carbonyl (C=O) groups excluding carboxylic acids is 1. The van der Waals surface area contributed by atoms with E-state index in [0.717, 1.165) is 10.9 Å². The third-order valence-corrected chi connectivity index (χ3v) is 5.31. The van der Waals surface area contributed by atoms with Gasteiger partial charge in [0.2, 0.25) is 0 Å². The number of nitrogens with zero attached hydrogens (tertiary/aromatic N) is 4. The van der Waals surface area contributed by atoms with Gasteiger partial charge in [0.1, 0.15) is 11.3 Å². The Bertz CT molecular complexity index is 1260. The zero-order chi connectivity index (χ0) is 21.5. The second-order valence-corrected chi connectivity index (χ2v) is 7.54. The zero-order valence-electron chi connectivity index (χ0n) is 16.2. The van der Waals surface area contributed by atoms with Crippen LogP contribution in [0.4, 0.5) is 8.78 Å². The van der Waals surface area contributed by atoms with Crippen molar-refractivity contribution >= 4 is 16.9 Å².